The highest BCUT2D eigenvalue weighted by atomic mass is 16.5. The Kier molecular flexibility index (Phi) is 3.80. The quantitative estimate of drug-likeness (QED) is 0.911. The first-order chi connectivity index (χ1) is 9.11. The predicted octanol–water partition coefficient (Wildman–Crippen LogP) is 3.44. The molecule has 1 N–H and O–H groups in total. The van der Waals surface area contributed by atoms with Crippen LogP contribution >= 0.6 is 0 Å². The second-order valence-corrected chi connectivity index (χ2v) is 4.17. The lowest BCUT2D eigenvalue weighted by Gasteiger charge is -2.11. The van der Waals surface area contributed by atoms with E-state index in [-0.39, 0.29) is 11.4 Å². The van der Waals surface area contributed by atoms with Gasteiger partial charge in [0.1, 0.15) is 11.3 Å². The molecule has 0 aliphatic heterocycles. The Balaban J connectivity index is 2.42. The summed E-state index contributed by atoms with van der Waals surface area (Å²) in [6.45, 7) is 3.81. The fraction of sp³-hybridized carbons (Fsp3) is 0.200. The van der Waals surface area contributed by atoms with Crippen molar-refractivity contribution in [2.24, 2.45) is 0 Å². The van der Waals surface area contributed by atoms with Crippen molar-refractivity contribution >= 4 is 5.97 Å². The average molecular weight is 257 g/mol. The molecule has 0 unspecified atom stereocenters. The van der Waals surface area contributed by atoms with Crippen molar-refractivity contribution in [3.63, 3.8) is 0 Å². The molecule has 0 atom stereocenters. The van der Waals surface area contributed by atoms with E-state index in [1.807, 2.05) is 31.2 Å². The summed E-state index contributed by atoms with van der Waals surface area (Å²) in [6, 6.07) is 10.7. The first-order valence-electron chi connectivity index (χ1n) is 6.08. The lowest BCUT2D eigenvalue weighted by Crippen LogP contribution is -2.03. The van der Waals surface area contributed by atoms with Gasteiger partial charge in [-0.25, -0.2) is 9.78 Å². The molecule has 1 aromatic carbocycles. The molecule has 0 spiro atoms. The molecule has 98 valence electrons. The Bertz CT molecular complexity index is 608. The molecule has 2 aromatic rings. The molecule has 1 aromatic heterocycles. The molecular formula is C15H15NO3. The van der Waals surface area contributed by atoms with Gasteiger partial charge in [-0.3, -0.25) is 0 Å². The van der Waals surface area contributed by atoms with Gasteiger partial charge >= 0.3 is 5.97 Å². The van der Waals surface area contributed by atoms with E-state index in [0.29, 0.717) is 11.4 Å². The largest absolute Gasteiger partial charge is 0.477 e. The molecule has 0 aliphatic rings. The Labute approximate surface area is 111 Å². The average Bonchev–Trinajstić information content (AvgIpc) is 2.39. The molecule has 0 saturated carbocycles. The summed E-state index contributed by atoms with van der Waals surface area (Å²) in [4.78, 5) is 15.3. The molecule has 0 fully saturated rings. The molecule has 0 saturated heterocycles. The number of nitrogens with zero attached hydrogens (tertiary/aromatic N) is 1. The third-order valence-electron chi connectivity index (χ3n) is 2.79. The minimum atomic E-state index is -1.04. The first-order valence-corrected chi connectivity index (χ1v) is 6.08. The van der Waals surface area contributed by atoms with Gasteiger partial charge in [-0.2, -0.15) is 0 Å². The molecule has 0 bridgehead atoms. The Morgan fingerprint density at radius 2 is 2.00 bits per heavy atom. The number of benzene rings is 1. The zero-order valence-corrected chi connectivity index (χ0v) is 10.9. The first kappa shape index (κ1) is 13.1. The van der Waals surface area contributed by atoms with Crippen molar-refractivity contribution in [1.29, 1.82) is 0 Å². The van der Waals surface area contributed by atoms with Gasteiger partial charge in [0.15, 0.2) is 0 Å². The van der Waals surface area contributed by atoms with E-state index in [2.05, 4.69) is 4.98 Å². The van der Waals surface area contributed by atoms with Crippen molar-refractivity contribution in [2.75, 3.05) is 0 Å². The second-order valence-electron chi connectivity index (χ2n) is 4.17. The van der Waals surface area contributed by atoms with Crippen LogP contribution in [0.5, 0.6) is 11.6 Å². The molecule has 1 heterocycles. The molecular weight excluding hydrogens is 242 g/mol. The number of pyridine rings is 1. The van der Waals surface area contributed by atoms with Crippen LogP contribution in [0.15, 0.2) is 36.4 Å². The summed E-state index contributed by atoms with van der Waals surface area (Å²) in [6.07, 6.45) is 0.810. The van der Waals surface area contributed by atoms with Gasteiger partial charge in [0.05, 0.1) is 0 Å². The fourth-order valence-corrected chi connectivity index (χ4v) is 1.77. The van der Waals surface area contributed by atoms with Crippen molar-refractivity contribution in [3.05, 3.63) is 53.2 Å². The third kappa shape index (κ3) is 2.91. The number of carboxylic acid groups (broad SMARTS) is 1. The van der Waals surface area contributed by atoms with Gasteiger partial charge in [0, 0.05) is 5.69 Å². The molecule has 4 heteroatoms. The van der Waals surface area contributed by atoms with Gasteiger partial charge in [-0.15, -0.1) is 0 Å². The summed E-state index contributed by atoms with van der Waals surface area (Å²) in [5.74, 6) is -0.268. The van der Waals surface area contributed by atoms with Crippen molar-refractivity contribution < 1.29 is 14.6 Å². The van der Waals surface area contributed by atoms with Crippen molar-refractivity contribution in [1.82, 2.24) is 4.98 Å². The number of carboxylic acids is 1. The third-order valence-corrected chi connectivity index (χ3v) is 2.79. The molecule has 19 heavy (non-hydrogen) atoms. The number of rotatable bonds is 4. The van der Waals surface area contributed by atoms with E-state index in [4.69, 9.17) is 9.84 Å². The lowest BCUT2D eigenvalue weighted by molar-refractivity contribution is 0.0693. The number of aromatic nitrogens is 1. The van der Waals surface area contributed by atoms with Gasteiger partial charge in [-0.05, 0) is 37.1 Å². The van der Waals surface area contributed by atoms with Crippen LogP contribution in [0, 0.1) is 6.92 Å². The van der Waals surface area contributed by atoms with Crippen LogP contribution in [-0.2, 0) is 6.42 Å². The number of aromatic carboxylic acids is 1. The smallest absolute Gasteiger partial charge is 0.341 e. The van der Waals surface area contributed by atoms with Gasteiger partial charge < -0.3 is 9.84 Å². The Morgan fingerprint density at radius 1 is 1.26 bits per heavy atom. The number of ether oxygens (including phenoxy) is 1. The van der Waals surface area contributed by atoms with Crippen LogP contribution in [0.1, 0.15) is 28.5 Å². The zero-order chi connectivity index (χ0) is 13.8. The number of hydrogen-bond donors (Lipinski definition) is 1. The zero-order valence-electron chi connectivity index (χ0n) is 10.9. The minimum Gasteiger partial charge on any atom is -0.477 e. The standard InChI is InChI=1S/C15H15NO3/c1-3-11-6-4-5-7-13(11)19-14-12(15(17)18)9-8-10(2)16-14/h4-9H,3H2,1-2H3,(H,17,18). The maximum atomic E-state index is 11.2. The summed E-state index contributed by atoms with van der Waals surface area (Å²) < 4.78 is 5.68. The predicted molar refractivity (Wildman–Crippen MR) is 71.8 cm³/mol. The number of aryl methyl sites for hydroxylation is 2. The van der Waals surface area contributed by atoms with E-state index >= 15 is 0 Å². The number of hydrogen-bond acceptors (Lipinski definition) is 3. The molecule has 4 nitrogen and oxygen atoms in total. The highest BCUT2D eigenvalue weighted by molar-refractivity contribution is 5.90. The Morgan fingerprint density at radius 3 is 2.68 bits per heavy atom. The van der Waals surface area contributed by atoms with Crippen molar-refractivity contribution in [3.8, 4) is 11.6 Å². The highest BCUT2D eigenvalue weighted by Gasteiger charge is 2.14. The monoisotopic (exact) mass is 257 g/mol. The summed E-state index contributed by atoms with van der Waals surface area (Å²) in [5.41, 5.74) is 1.80. The van der Waals surface area contributed by atoms with Crippen LogP contribution in [0.2, 0.25) is 0 Å². The van der Waals surface area contributed by atoms with Crippen molar-refractivity contribution in [2.45, 2.75) is 20.3 Å². The maximum absolute atomic E-state index is 11.2. The van der Waals surface area contributed by atoms with E-state index < -0.39 is 5.97 Å². The number of para-hydroxylation sites is 1. The molecule has 0 amide bonds. The van der Waals surface area contributed by atoms with Crippen LogP contribution < -0.4 is 4.74 Å². The van der Waals surface area contributed by atoms with E-state index in [0.717, 1.165) is 12.0 Å². The van der Waals surface area contributed by atoms with Gasteiger partial charge in [0.25, 0.3) is 0 Å². The van der Waals surface area contributed by atoms with Crippen LogP contribution in [0.3, 0.4) is 0 Å². The molecule has 0 aliphatic carbocycles. The fourth-order valence-electron chi connectivity index (χ4n) is 1.77. The van der Waals surface area contributed by atoms with E-state index in [9.17, 15) is 4.79 Å². The SMILES string of the molecule is CCc1ccccc1Oc1nc(C)ccc1C(=O)O. The molecule has 2 rings (SSSR count). The summed E-state index contributed by atoms with van der Waals surface area (Å²) >= 11 is 0. The Hall–Kier alpha value is -2.36. The topological polar surface area (TPSA) is 59.4 Å². The minimum absolute atomic E-state index is 0.0662. The highest BCUT2D eigenvalue weighted by Crippen LogP contribution is 2.27. The van der Waals surface area contributed by atoms with Gasteiger partial charge in [-0.1, -0.05) is 25.1 Å². The van der Waals surface area contributed by atoms with Crippen LogP contribution in [-0.4, -0.2) is 16.1 Å². The lowest BCUT2D eigenvalue weighted by atomic mass is 10.1. The summed E-state index contributed by atoms with van der Waals surface area (Å²) in [7, 11) is 0. The van der Waals surface area contributed by atoms with E-state index in [1.165, 1.54) is 6.07 Å². The normalized spacial score (nSPS) is 10.2. The van der Waals surface area contributed by atoms with E-state index in [1.54, 1.807) is 13.0 Å². The molecule has 0 radical (unpaired) electrons. The summed E-state index contributed by atoms with van der Waals surface area (Å²) in [5, 5.41) is 9.14. The second kappa shape index (κ2) is 5.52. The van der Waals surface area contributed by atoms with Crippen LogP contribution in [0.4, 0.5) is 0 Å². The maximum Gasteiger partial charge on any atom is 0.341 e. The number of carbonyl (C=O) groups is 1. The van der Waals surface area contributed by atoms with Gasteiger partial charge in [0.2, 0.25) is 5.88 Å². The van der Waals surface area contributed by atoms with Crippen LogP contribution in [0.25, 0.3) is 0 Å².